The Morgan fingerprint density at radius 1 is 1.21 bits per heavy atom. The lowest BCUT2D eigenvalue weighted by atomic mass is 9.85. The number of rotatable bonds is 3. The standard InChI is InChI=1S/C20H21N3O3S2/c1-13-8-10-27-18(13)28(25,26)23-11-15-7-9-20(16(15)12-23)19(24)21-17(22-20)14-5-3-2-4-6-14/h2-6,8,10,15-16H,7,9,11-12H2,1H3,(H,21,22,24)/t15-,16+,20-/m1/s1. The molecule has 8 heteroatoms. The first-order valence-corrected chi connectivity index (χ1v) is 11.7. The minimum atomic E-state index is -3.53. The normalized spacial score (nSPS) is 29.9. The molecule has 1 spiro atoms. The van der Waals surface area contributed by atoms with Crippen LogP contribution in [-0.4, -0.2) is 43.1 Å². The van der Waals surface area contributed by atoms with Gasteiger partial charge in [0.15, 0.2) is 0 Å². The third-order valence-corrected chi connectivity index (χ3v) is 9.79. The Balaban J connectivity index is 1.47. The fraction of sp³-hybridized carbons (Fsp3) is 0.400. The van der Waals surface area contributed by atoms with E-state index in [1.807, 2.05) is 43.3 Å². The molecule has 28 heavy (non-hydrogen) atoms. The van der Waals surface area contributed by atoms with Crippen molar-refractivity contribution in [1.29, 1.82) is 0 Å². The van der Waals surface area contributed by atoms with Crippen molar-refractivity contribution in [1.82, 2.24) is 9.62 Å². The highest BCUT2D eigenvalue weighted by Crippen LogP contribution is 2.50. The number of hydrogen-bond donors (Lipinski definition) is 1. The number of sulfonamides is 1. The largest absolute Gasteiger partial charge is 0.308 e. The van der Waals surface area contributed by atoms with Crippen LogP contribution < -0.4 is 5.32 Å². The number of aryl methyl sites for hydroxylation is 1. The zero-order chi connectivity index (χ0) is 19.5. The molecule has 5 rings (SSSR count). The zero-order valence-corrected chi connectivity index (χ0v) is 17.1. The molecule has 2 aliphatic heterocycles. The maximum absolute atomic E-state index is 13.1. The Morgan fingerprint density at radius 2 is 2.00 bits per heavy atom. The number of aliphatic imine (C=N–C) groups is 1. The first-order valence-electron chi connectivity index (χ1n) is 9.43. The molecule has 0 bridgehead atoms. The maximum Gasteiger partial charge on any atom is 0.253 e. The van der Waals surface area contributed by atoms with Crippen molar-refractivity contribution in [3.8, 4) is 0 Å². The van der Waals surface area contributed by atoms with Gasteiger partial charge in [-0.25, -0.2) is 8.42 Å². The fourth-order valence-corrected chi connectivity index (χ4v) is 7.91. The van der Waals surface area contributed by atoms with Gasteiger partial charge in [0.25, 0.3) is 15.9 Å². The van der Waals surface area contributed by atoms with Crippen LogP contribution in [0.15, 0.2) is 51.0 Å². The van der Waals surface area contributed by atoms with Crippen LogP contribution in [0.4, 0.5) is 0 Å². The molecule has 146 valence electrons. The molecule has 6 nitrogen and oxygen atoms in total. The van der Waals surface area contributed by atoms with E-state index in [0.717, 1.165) is 17.5 Å². The molecular weight excluding hydrogens is 394 g/mol. The van der Waals surface area contributed by atoms with Gasteiger partial charge in [-0.2, -0.15) is 4.31 Å². The van der Waals surface area contributed by atoms with Crippen LogP contribution in [0.5, 0.6) is 0 Å². The molecule has 3 aliphatic rings. The van der Waals surface area contributed by atoms with Crippen LogP contribution >= 0.6 is 11.3 Å². The van der Waals surface area contributed by atoms with Crippen molar-refractivity contribution < 1.29 is 13.2 Å². The average Bonchev–Trinajstić information content (AvgIpc) is 3.42. The van der Waals surface area contributed by atoms with Gasteiger partial charge >= 0.3 is 0 Å². The van der Waals surface area contributed by atoms with Crippen molar-refractivity contribution in [2.75, 3.05) is 13.1 Å². The van der Waals surface area contributed by atoms with Crippen LogP contribution in [0.1, 0.15) is 24.0 Å². The Labute approximate surface area is 168 Å². The zero-order valence-electron chi connectivity index (χ0n) is 15.5. The third-order valence-electron chi connectivity index (χ3n) is 6.29. The number of carbonyl (C=O) groups is 1. The smallest absolute Gasteiger partial charge is 0.253 e. The lowest BCUT2D eigenvalue weighted by Crippen LogP contribution is -2.45. The maximum atomic E-state index is 13.1. The summed E-state index contributed by atoms with van der Waals surface area (Å²) in [6, 6.07) is 11.4. The number of nitrogens with one attached hydrogen (secondary N) is 1. The van der Waals surface area contributed by atoms with E-state index in [0.29, 0.717) is 29.6 Å². The Bertz CT molecular complexity index is 1080. The Hall–Kier alpha value is -2.03. The Morgan fingerprint density at radius 3 is 2.71 bits per heavy atom. The number of benzene rings is 1. The topological polar surface area (TPSA) is 78.8 Å². The first kappa shape index (κ1) is 18.0. The van der Waals surface area contributed by atoms with E-state index >= 15 is 0 Å². The van der Waals surface area contributed by atoms with E-state index in [2.05, 4.69) is 5.32 Å². The highest BCUT2D eigenvalue weighted by atomic mass is 32.2. The molecule has 0 radical (unpaired) electrons. The molecule has 1 saturated carbocycles. The minimum Gasteiger partial charge on any atom is -0.308 e. The van der Waals surface area contributed by atoms with Gasteiger partial charge in [-0.3, -0.25) is 9.79 Å². The SMILES string of the molecule is Cc1ccsc1S(=O)(=O)N1C[C@H]2CC[C@@]3(N=C(c4ccccc4)NC3=O)[C@H]2C1. The molecule has 1 aromatic carbocycles. The summed E-state index contributed by atoms with van der Waals surface area (Å²) in [6.07, 6.45) is 1.50. The predicted octanol–water partition coefficient (Wildman–Crippen LogP) is 2.40. The van der Waals surface area contributed by atoms with Gasteiger partial charge in [-0.1, -0.05) is 30.3 Å². The quantitative estimate of drug-likeness (QED) is 0.836. The number of amidine groups is 1. The van der Waals surface area contributed by atoms with Gasteiger partial charge in [0, 0.05) is 24.6 Å². The van der Waals surface area contributed by atoms with Crippen LogP contribution in [0, 0.1) is 18.8 Å². The summed E-state index contributed by atoms with van der Waals surface area (Å²) in [5.41, 5.74) is 0.817. The molecule has 2 fully saturated rings. The fourth-order valence-electron chi connectivity index (χ4n) is 4.84. The number of amides is 1. The summed E-state index contributed by atoms with van der Waals surface area (Å²) in [5, 5.41) is 4.76. The number of carbonyl (C=O) groups excluding carboxylic acids is 1. The van der Waals surface area contributed by atoms with Gasteiger partial charge in [0.2, 0.25) is 0 Å². The van der Waals surface area contributed by atoms with Crippen molar-refractivity contribution >= 4 is 33.1 Å². The van der Waals surface area contributed by atoms with Crippen molar-refractivity contribution in [3.63, 3.8) is 0 Å². The van der Waals surface area contributed by atoms with E-state index in [-0.39, 0.29) is 17.7 Å². The molecule has 1 aromatic heterocycles. The lowest BCUT2D eigenvalue weighted by Gasteiger charge is -2.25. The summed E-state index contributed by atoms with van der Waals surface area (Å²) in [6.45, 7) is 2.64. The molecule has 1 aliphatic carbocycles. The molecule has 1 amide bonds. The van der Waals surface area contributed by atoms with Crippen LogP contribution in [0.2, 0.25) is 0 Å². The third kappa shape index (κ3) is 2.51. The second-order valence-electron chi connectivity index (χ2n) is 7.82. The molecule has 1 saturated heterocycles. The van der Waals surface area contributed by atoms with Gasteiger partial charge in [0.1, 0.15) is 15.6 Å². The Kier molecular flexibility index (Phi) is 4.01. The number of nitrogens with zero attached hydrogens (tertiary/aromatic N) is 2. The highest BCUT2D eigenvalue weighted by molar-refractivity contribution is 7.91. The minimum absolute atomic E-state index is 0.0799. The van der Waals surface area contributed by atoms with Crippen molar-refractivity contribution in [2.45, 2.75) is 29.5 Å². The molecule has 0 unspecified atom stereocenters. The average molecular weight is 416 g/mol. The number of fused-ring (bicyclic) bond motifs is 2. The summed E-state index contributed by atoms with van der Waals surface area (Å²) in [5.74, 6) is 0.593. The second-order valence-corrected chi connectivity index (χ2v) is 10.9. The van der Waals surface area contributed by atoms with Crippen LogP contribution in [0.3, 0.4) is 0 Å². The molecular formula is C20H21N3O3S2. The summed E-state index contributed by atoms with van der Waals surface area (Å²) >= 11 is 1.26. The predicted molar refractivity (Wildman–Crippen MR) is 108 cm³/mol. The van der Waals surface area contributed by atoms with E-state index in [4.69, 9.17) is 4.99 Å². The summed E-state index contributed by atoms with van der Waals surface area (Å²) < 4.78 is 28.2. The summed E-state index contributed by atoms with van der Waals surface area (Å²) in [4.78, 5) is 17.8. The van der Waals surface area contributed by atoms with Crippen molar-refractivity contribution in [3.05, 3.63) is 52.9 Å². The van der Waals surface area contributed by atoms with Gasteiger partial charge < -0.3 is 5.32 Å². The van der Waals surface area contributed by atoms with E-state index in [1.165, 1.54) is 11.3 Å². The second kappa shape index (κ2) is 6.23. The molecule has 3 atom stereocenters. The first-order chi connectivity index (χ1) is 13.4. The number of thiophene rings is 1. The van der Waals surface area contributed by atoms with Crippen LogP contribution in [-0.2, 0) is 14.8 Å². The van der Waals surface area contributed by atoms with E-state index in [1.54, 1.807) is 9.69 Å². The van der Waals surface area contributed by atoms with E-state index in [9.17, 15) is 13.2 Å². The lowest BCUT2D eigenvalue weighted by molar-refractivity contribution is -0.124. The van der Waals surface area contributed by atoms with Crippen LogP contribution in [0.25, 0.3) is 0 Å². The highest BCUT2D eigenvalue weighted by Gasteiger charge is 2.60. The molecule has 1 N–H and O–H groups in total. The van der Waals surface area contributed by atoms with Gasteiger partial charge in [-0.05, 0) is 42.7 Å². The van der Waals surface area contributed by atoms with Gasteiger partial charge in [0.05, 0.1) is 0 Å². The summed E-state index contributed by atoms with van der Waals surface area (Å²) in [7, 11) is -3.53. The number of hydrogen-bond acceptors (Lipinski definition) is 5. The van der Waals surface area contributed by atoms with Gasteiger partial charge in [-0.15, -0.1) is 11.3 Å². The monoisotopic (exact) mass is 415 g/mol. The molecule has 2 aromatic rings. The molecule has 3 heterocycles. The van der Waals surface area contributed by atoms with E-state index < -0.39 is 15.6 Å². The van der Waals surface area contributed by atoms with Crippen molar-refractivity contribution in [2.24, 2.45) is 16.8 Å².